The van der Waals surface area contributed by atoms with Crippen LogP contribution in [0.4, 0.5) is 0 Å². The number of carbonyl (C=O) groups excluding carboxylic acids is 2. The summed E-state index contributed by atoms with van der Waals surface area (Å²) in [5.41, 5.74) is 1.51. The third kappa shape index (κ3) is 2.31. The van der Waals surface area contributed by atoms with Crippen molar-refractivity contribution in [3.63, 3.8) is 0 Å². The molecule has 3 fully saturated rings. The van der Waals surface area contributed by atoms with Crippen molar-refractivity contribution in [2.75, 3.05) is 0 Å². The first kappa shape index (κ1) is 15.2. The molecule has 0 saturated heterocycles. The molecule has 3 heteroatoms. The van der Waals surface area contributed by atoms with Gasteiger partial charge >= 0.3 is 5.97 Å². The van der Waals surface area contributed by atoms with Crippen molar-refractivity contribution in [3.8, 4) is 0 Å². The van der Waals surface area contributed by atoms with E-state index in [2.05, 4.69) is 13.0 Å². The number of fused-ring (bicyclic) bond motifs is 5. The van der Waals surface area contributed by atoms with E-state index in [4.69, 9.17) is 4.74 Å². The SMILES string of the molecule is CC(=O)O[C@H]1CC[C@H]2[C@@H]3CCC4=CC(=O)C=CC4[C@H]3CC[C@]12C. The van der Waals surface area contributed by atoms with E-state index in [1.165, 1.54) is 31.8 Å². The van der Waals surface area contributed by atoms with E-state index in [1.807, 2.05) is 6.08 Å². The maximum absolute atomic E-state index is 11.6. The van der Waals surface area contributed by atoms with Gasteiger partial charge in [0.15, 0.2) is 5.78 Å². The third-order valence-corrected chi connectivity index (χ3v) is 7.17. The lowest BCUT2D eigenvalue weighted by Crippen LogP contribution is -2.47. The molecular weight excluding hydrogens is 288 g/mol. The summed E-state index contributed by atoms with van der Waals surface area (Å²) in [5, 5.41) is 0. The van der Waals surface area contributed by atoms with Crippen molar-refractivity contribution >= 4 is 11.8 Å². The van der Waals surface area contributed by atoms with Crippen LogP contribution in [0.25, 0.3) is 0 Å². The number of carbonyl (C=O) groups is 2. The minimum Gasteiger partial charge on any atom is -0.462 e. The topological polar surface area (TPSA) is 43.4 Å². The van der Waals surface area contributed by atoms with Crippen LogP contribution >= 0.6 is 0 Å². The molecule has 124 valence electrons. The highest BCUT2D eigenvalue weighted by Crippen LogP contribution is 2.61. The molecule has 4 rings (SSSR count). The molecule has 0 bridgehead atoms. The highest BCUT2D eigenvalue weighted by Gasteiger charge is 2.57. The molecule has 4 aliphatic carbocycles. The molecule has 0 aliphatic heterocycles. The van der Waals surface area contributed by atoms with Crippen LogP contribution in [0.3, 0.4) is 0 Å². The maximum atomic E-state index is 11.6. The fraction of sp³-hybridized carbons (Fsp3) is 0.700. The first-order valence-electron chi connectivity index (χ1n) is 9.09. The van der Waals surface area contributed by atoms with E-state index in [0.29, 0.717) is 23.7 Å². The molecule has 0 aromatic rings. The Morgan fingerprint density at radius 3 is 2.83 bits per heavy atom. The molecule has 6 atom stereocenters. The average molecular weight is 314 g/mol. The summed E-state index contributed by atoms with van der Waals surface area (Å²) in [6, 6.07) is 0. The van der Waals surface area contributed by atoms with E-state index in [1.54, 1.807) is 6.08 Å². The Hall–Kier alpha value is -1.38. The van der Waals surface area contributed by atoms with Gasteiger partial charge in [-0.05, 0) is 68.4 Å². The zero-order valence-corrected chi connectivity index (χ0v) is 14.1. The van der Waals surface area contributed by atoms with Crippen molar-refractivity contribution < 1.29 is 14.3 Å². The van der Waals surface area contributed by atoms with E-state index in [-0.39, 0.29) is 23.3 Å². The second-order valence-corrected chi connectivity index (χ2v) is 8.20. The third-order valence-electron chi connectivity index (χ3n) is 7.17. The van der Waals surface area contributed by atoms with Crippen LogP contribution < -0.4 is 0 Å². The van der Waals surface area contributed by atoms with E-state index < -0.39 is 0 Å². The highest BCUT2D eigenvalue weighted by atomic mass is 16.5. The van der Waals surface area contributed by atoms with Gasteiger partial charge in [-0.15, -0.1) is 0 Å². The van der Waals surface area contributed by atoms with E-state index in [9.17, 15) is 9.59 Å². The predicted molar refractivity (Wildman–Crippen MR) is 87.6 cm³/mol. The Bertz CT molecular complexity index is 602. The second kappa shape index (κ2) is 5.32. The lowest BCUT2D eigenvalue weighted by atomic mass is 9.53. The zero-order chi connectivity index (χ0) is 16.2. The summed E-state index contributed by atoms with van der Waals surface area (Å²) in [5.74, 6) is 2.55. The molecule has 0 heterocycles. The summed E-state index contributed by atoms with van der Waals surface area (Å²) < 4.78 is 5.68. The Kier molecular flexibility index (Phi) is 3.51. The number of ether oxygens (including phenoxy) is 1. The Morgan fingerprint density at radius 2 is 2.04 bits per heavy atom. The van der Waals surface area contributed by atoms with Gasteiger partial charge in [-0.2, -0.15) is 0 Å². The van der Waals surface area contributed by atoms with Crippen LogP contribution in [0.5, 0.6) is 0 Å². The number of allylic oxidation sites excluding steroid dienone is 4. The fourth-order valence-electron chi connectivity index (χ4n) is 6.16. The number of ketones is 1. The molecule has 4 aliphatic rings. The normalized spacial score (nSPS) is 44.9. The Balaban J connectivity index is 1.58. The summed E-state index contributed by atoms with van der Waals surface area (Å²) in [6.07, 6.45) is 12.7. The molecule has 0 N–H and O–H groups in total. The van der Waals surface area contributed by atoms with Crippen LogP contribution in [0.15, 0.2) is 23.8 Å². The molecule has 0 radical (unpaired) electrons. The first-order chi connectivity index (χ1) is 11.0. The lowest BCUT2D eigenvalue weighted by Gasteiger charge is -2.52. The van der Waals surface area contributed by atoms with E-state index >= 15 is 0 Å². The minimum absolute atomic E-state index is 0.103. The molecule has 3 nitrogen and oxygen atoms in total. The van der Waals surface area contributed by atoms with Gasteiger partial charge in [0.1, 0.15) is 6.10 Å². The minimum atomic E-state index is -0.137. The van der Waals surface area contributed by atoms with Gasteiger partial charge in [-0.3, -0.25) is 9.59 Å². The molecule has 0 amide bonds. The molecular formula is C20H26O3. The quantitative estimate of drug-likeness (QED) is 0.691. The molecule has 0 aromatic heterocycles. The van der Waals surface area contributed by atoms with Crippen LogP contribution in [-0.4, -0.2) is 17.9 Å². The van der Waals surface area contributed by atoms with Crippen LogP contribution in [-0.2, 0) is 14.3 Å². The predicted octanol–water partition coefficient (Wildman–Crippen LogP) is 3.84. The Labute approximate surface area is 138 Å². The molecule has 0 spiro atoms. The number of rotatable bonds is 1. The van der Waals surface area contributed by atoms with Crippen molar-refractivity contribution in [1.29, 1.82) is 0 Å². The van der Waals surface area contributed by atoms with Crippen LogP contribution in [0, 0.1) is 29.1 Å². The van der Waals surface area contributed by atoms with Crippen LogP contribution in [0.2, 0.25) is 0 Å². The van der Waals surface area contributed by atoms with Gasteiger partial charge in [0, 0.05) is 18.3 Å². The molecule has 0 aromatic carbocycles. The van der Waals surface area contributed by atoms with E-state index in [0.717, 1.165) is 19.3 Å². The van der Waals surface area contributed by atoms with Crippen molar-refractivity contribution in [2.24, 2.45) is 29.1 Å². The molecule has 23 heavy (non-hydrogen) atoms. The molecule has 3 saturated carbocycles. The number of esters is 1. The summed E-state index contributed by atoms with van der Waals surface area (Å²) in [4.78, 5) is 23.1. The smallest absolute Gasteiger partial charge is 0.302 e. The van der Waals surface area contributed by atoms with Gasteiger partial charge in [0.05, 0.1) is 0 Å². The summed E-state index contributed by atoms with van der Waals surface area (Å²) in [7, 11) is 0. The maximum Gasteiger partial charge on any atom is 0.302 e. The number of hydrogen-bond acceptors (Lipinski definition) is 3. The second-order valence-electron chi connectivity index (χ2n) is 8.20. The van der Waals surface area contributed by atoms with Crippen molar-refractivity contribution in [2.45, 2.75) is 58.5 Å². The lowest BCUT2D eigenvalue weighted by molar-refractivity contribution is -0.155. The van der Waals surface area contributed by atoms with Gasteiger partial charge < -0.3 is 4.74 Å². The molecule has 1 unspecified atom stereocenters. The zero-order valence-electron chi connectivity index (χ0n) is 14.1. The van der Waals surface area contributed by atoms with Crippen molar-refractivity contribution in [3.05, 3.63) is 23.8 Å². The largest absolute Gasteiger partial charge is 0.462 e. The van der Waals surface area contributed by atoms with Gasteiger partial charge in [0.2, 0.25) is 0 Å². The average Bonchev–Trinajstić information content (AvgIpc) is 2.83. The first-order valence-corrected chi connectivity index (χ1v) is 9.09. The van der Waals surface area contributed by atoms with Gasteiger partial charge in [-0.1, -0.05) is 18.6 Å². The van der Waals surface area contributed by atoms with Crippen LogP contribution in [0.1, 0.15) is 52.4 Å². The number of hydrogen-bond donors (Lipinski definition) is 0. The van der Waals surface area contributed by atoms with Gasteiger partial charge in [0.25, 0.3) is 0 Å². The standard InChI is InChI=1S/C20H26O3/c1-12(21)23-19-8-7-18-17-5-3-13-11-14(22)4-6-15(13)16(17)9-10-20(18,19)2/h4,6,11,15-19H,3,5,7-10H2,1-2H3/t15?,16-,17-,18+,19+,20+/m1/s1. The van der Waals surface area contributed by atoms with Gasteiger partial charge in [-0.25, -0.2) is 0 Å². The highest BCUT2D eigenvalue weighted by molar-refractivity contribution is 6.00. The summed E-state index contributed by atoms with van der Waals surface area (Å²) >= 11 is 0. The fourth-order valence-corrected chi connectivity index (χ4v) is 6.16. The monoisotopic (exact) mass is 314 g/mol. The summed E-state index contributed by atoms with van der Waals surface area (Å²) in [6.45, 7) is 3.88. The van der Waals surface area contributed by atoms with Crippen molar-refractivity contribution in [1.82, 2.24) is 0 Å². The Morgan fingerprint density at radius 1 is 1.22 bits per heavy atom.